The number of nitrogens with one attached hydrogen (secondary N) is 1. The number of sulfonamides is 1. The summed E-state index contributed by atoms with van der Waals surface area (Å²) in [6, 6.07) is 8.73. The van der Waals surface area contributed by atoms with Crippen LogP contribution in [0.1, 0.15) is 26.3 Å². The van der Waals surface area contributed by atoms with E-state index in [0.717, 1.165) is 4.31 Å². The zero-order valence-corrected chi connectivity index (χ0v) is 22.6. The molecule has 12 heteroatoms. The Morgan fingerprint density at radius 2 is 1.72 bits per heavy atom. The van der Waals surface area contributed by atoms with E-state index >= 15 is 0 Å². The SMILES string of the molecule is CCNC(=O)C(C)N(Cc1ccc(Cl)c(Cl)c1)C(=O)CN(c1ccc2c(c1)OCCO2)S(=O)(=O)CC. The Morgan fingerprint density at radius 1 is 1.03 bits per heavy atom. The Kier molecular flexibility index (Phi) is 9.32. The second-order valence-electron chi connectivity index (χ2n) is 8.08. The van der Waals surface area contributed by atoms with Crippen LogP contribution in [0.4, 0.5) is 5.69 Å². The van der Waals surface area contributed by atoms with E-state index in [4.69, 9.17) is 32.7 Å². The predicted octanol–water partition coefficient (Wildman–Crippen LogP) is 3.47. The third-order valence-corrected chi connectivity index (χ3v) is 8.13. The van der Waals surface area contributed by atoms with Gasteiger partial charge in [-0.05, 0) is 50.6 Å². The zero-order valence-electron chi connectivity index (χ0n) is 20.3. The fourth-order valence-corrected chi connectivity index (χ4v) is 5.02. The van der Waals surface area contributed by atoms with Gasteiger partial charge in [-0.3, -0.25) is 13.9 Å². The number of likely N-dealkylation sites (N-methyl/N-ethyl adjacent to an activating group) is 1. The van der Waals surface area contributed by atoms with Gasteiger partial charge in [0.25, 0.3) is 0 Å². The molecule has 0 radical (unpaired) electrons. The van der Waals surface area contributed by atoms with Crippen LogP contribution >= 0.6 is 23.2 Å². The molecule has 0 aromatic heterocycles. The van der Waals surface area contributed by atoms with Gasteiger partial charge in [0.2, 0.25) is 21.8 Å². The van der Waals surface area contributed by atoms with Gasteiger partial charge in [0.05, 0.1) is 21.5 Å². The Bertz CT molecular complexity index is 1220. The summed E-state index contributed by atoms with van der Waals surface area (Å²) in [4.78, 5) is 27.6. The lowest BCUT2D eigenvalue weighted by atomic mass is 10.1. The highest BCUT2D eigenvalue weighted by atomic mass is 35.5. The summed E-state index contributed by atoms with van der Waals surface area (Å²) in [6.07, 6.45) is 0. The third kappa shape index (κ3) is 6.54. The maximum Gasteiger partial charge on any atom is 0.244 e. The number of anilines is 1. The van der Waals surface area contributed by atoms with Gasteiger partial charge in [-0.1, -0.05) is 29.3 Å². The molecule has 0 fully saturated rings. The van der Waals surface area contributed by atoms with Crippen LogP contribution in [0.3, 0.4) is 0 Å². The number of fused-ring (bicyclic) bond motifs is 1. The summed E-state index contributed by atoms with van der Waals surface area (Å²) in [6.45, 7) is 5.47. The summed E-state index contributed by atoms with van der Waals surface area (Å²) in [5, 5.41) is 3.37. The van der Waals surface area contributed by atoms with Crippen molar-refractivity contribution in [2.75, 3.05) is 36.4 Å². The number of hydrogen-bond donors (Lipinski definition) is 1. The Balaban J connectivity index is 1.96. The van der Waals surface area contributed by atoms with Gasteiger partial charge in [0, 0.05) is 19.2 Å². The van der Waals surface area contributed by atoms with Crippen LogP contribution in [-0.2, 0) is 26.2 Å². The van der Waals surface area contributed by atoms with Crippen molar-refractivity contribution in [3.05, 3.63) is 52.0 Å². The van der Waals surface area contributed by atoms with Crippen molar-refractivity contribution in [2.24, 2.45) is 0 Å². The summed E-state index contributed by atoms with van der Waals surface area (Å²) >= 11 is 12.2. The molecule has 196 valence electrons. The number of carbonyl (C=O) groups excluding carboxylic acids is 2. The summed E-state index contributed by atoms with van der Waals surface area (Å²) in [5.74, 6) is -0.267. The molecule has 0 aliphatic carbocycles. The first-order valence-electron chi connectivity index (χ1n) is 11.5. The van der Waals surface area contributed by atoms with E-state index in [2.05, 4.69) is 5.32 Å². The van der Waals surface area contributed by atoms with E-state index < -0.39 is 28.5 Å². The number of carbonyl (C=O) groups is 2. The number of amides is 2. The van der Waals surface area contributed by atoms with Gasteiger partial charge in [-0.2, -0.15) is 0 Å². The number of benzene rings is 2. The molecule has 1 N–H and O–H groups in total. The van der Waals surface area contributed by atoms with Gasteiger partial charge < -0.3 is 19.7 Å². The average molecular weight is 558 g/mol. The van der Waals surface area contributed by atoms with E-state index in [0.29, 0.717) is 46.9 Å². The van der Waals surface area contributed by atoms with Crippen molar-refractivity contribution in [1.29, 1.82) is 0 Å². The van der Waals surface area contributed by atoms with Crippen molar-refractivity contribution in [1.82, 2.24) is 10.2 Å². The fourth-order valence-electron chi connectivity index (χ4n) is 3.65. The van der Waals surface area contributed by atoms with Crippen LogP contribution in [-0.4, -0.2) is 63.2 Å². The van der Waals surface area contributed by atoms with Crippen LogP contribution in [0, 0.1) is 0 Å². The molecule has 9 nitrogen and oxygen atoms in total. The Labute approximate surface area is 221 Å². The minimum Gasteiger partial charge on any atom is -0.486 e. The van der Waals surface area contributed by atoms with Crippen molar-refractivity contribution >= 4 is 50.7 Å². The molecule has 0 spiro atoms. The molecule has 1 atom stereocenters. The topological polar surface area (TPSA) is 105 Å². The maximum atomic E-state index is 13.6. The van der Waals surface area contributed by atoms with Crippen molar-refractivity contribution in [3.63, 3.8) is 0 Å². The van der Waals surface area contributed by atoms with Gasteiger partial charge in [0.15, 0.2) is 11.5 Å². The van der Waals surface area contributed by atoms with Crippen molar-refractivity contribution in [2.45, 2.75) is 33.4 Å². The molecule has 36 heavy (non-hydrogen) atoms. The van der Waals surface area contributed by atoms with E-state index in [1.807, 2.05) is 0 Å². The van der Waals surface area contributed by atoms with E-state index in [1.54, 1.807) is 44.2 Å². The predicted molar refractivity (Wildman–Crippen MR) is 139 cm³/mol. The highest BCUT2D eigenvalue weighted by Crippen LogP contribution is 2.35. The molecule has 0 saturated carbocycles. The number of halogens is 2. The normalized spacial score (nSPS) is 13.6. The Hall–Kier alpha value is -2.69. The molecule has 2 amide bonds. The largest absolute Gasteiger partial charge is 0.486 e. The summed E-state index contributed by atoms with van der Waals surface area (Å²) in [5.41, 5.74) is 0.896. The molecule has 2 aromatic rings. The van der Waals surface area contributed by atoms with E-state index in [9.17, 15) is 18.0 Å². The molecule has 1 aliphatic rings. The first-order valence-corrected chi connectivity index (χ1v) is 13.8. The quantitative estimate of drug-likeness (QED) is 0.479. The van der Waals surface area contributed by atoms with Crippen LogP contribution < -0.4 is 19.1 Å². The zero-order chi connectivity index (χ0) is 26.5. The van der Waals surface area contributed by atoms with Gasteiger partial charge in [-0.25, -0.2) is 8.42 Å². The number of ether oxygens (including phenoxy) is 2. The highest BCUT2D eigenvalue weighted by molar-refractivity contribution is 7.92. The van der Waals surface area contributed by atoms with Crippen LogP contribution in [0.15, 0.2) is 36.4 Å². The number of hydrogen-bond acceptors (Lipinski definition) is 6. The van der Waals surface area contributed by atoms with E-state index in [1.165, 1.54) is 17.9 Å². The fraction of sp³-hybridized carbons (Fsp3) is 0.417. The van der Waals surface area contributed by atoms with Crippen molar-refractivity contribution in [3.8, 4) is 11.5 Å². The molecule has 1 aliphatic heterocycles. The van der Waals surface area contributed by atoms with Crippen molar-refractivity contribution < 1.29 is 27.5 Å². The molecular weight excluding hydrogens is 529 g/mol. The Morgan fingerprint density at radius 3 is 2.36 bits per heavy atom. The molecule has 3 rings (SSSR count). The number of nitrogens with zero attached hydrogens (tertiary/aromatic N) is 2. The number of rotatable bonds is 10. The second kappa shape index (κ2) is 12.0. The lowest BCUT2D eigenvalue weighted by Gasteiger charge is -2.32. The molecule has 0 bridgehead atoms. The summed E-state index contributed by atoms with van der Waals surface area (Å²) in [7, 11) is -3.86. The minimum absolute atomic E-state index is 0.0230. The van der Waals surface area contributed by atoms with E-state index in [-0.39, 0.29) is 23.9 Å². The summed E-state index contributed by atoms with van der Waals surface area (Å²) < 4.78 is 38.2. The van der Waals surface area contributed by atoms with Gasteiger partial charge in [0.1, 0.15) is 25.8 Å². The van der Waals surface area contributed by atoms with Gasteiger partial charge in [-0.15, -0.1) is 0 Å². The lowest BCUT2D eigenvalue weighted by Crippen LogP contribution is -2.51. The standard InChI is InChI=1S/C24H29Cl2N3O6S/c1-4-27-24(31)16(3)28(14-17-6-8-19(25)20(26)12-17)23(30)15-29(36(32,33)5-2)18-7-9-21-22(13-18)35-11-10-34-21/h6-9,12-13,16H,4-5,10-11,14-15H2,1-3H3,(H,27,31). The second-order valence-corrected chi connectivity index (χ2v) is 11.1. The molecule has 1 heterocycles. The first-order chi connectivity index (χ1) is 17.1. The van der Waals surface area contributed by atoms with Crippen LogP contribution in [0.5, 0.6) is 11.5 Å². The molecular formula is C24H29Cl2N3O6S. The third-order valence-electron chi connectivity index (χ3n) is 5.65. The first kappa shape index (κ1) is 27.9. The van der Waals surface area contributed by atoms with Crippen LogP contribution in [0.25, 0.3) is 0 Å². The van der Waals surface area contributed by atoms with Gasteiger partial charge >= 0.3 is 0 Å². The molecule has 0 saturated heterocycles. The van der Waals surface area contributed by atoms with Crippen LogP contribution in [0.2, 0.25) is 10.0 Å². The molecule has 2 aromatic carbocycles. The minimum atomic E-state index is -3.86. The lowest BCUT2D eigenvalue weighted by molar-refractivity contribution is -0.139. The highest BCUT2D eigenvalue weighted by Gasteiger charge is 2.31. The monoisotopic (exact) mass is 557 g/mol. The average Bonchev–Trinajstić information content (AvgIpc) is 2.87. The molecule has 1 unspecified atom stereocenters. The smallest absolute Gasteiger partial charge is 0.244 e. The maximum absolute atomic E-state index is 13.6.